The number of ketones is 1. The lowest BCUT2D eigenvalue weighted by Crippen LogP contribution is -2.25. The van der Waals surface area contributed by atoms with Gasteiger partial charge in [-0.05, 0) is 31.2 Å². The Hall–Kier alpha value is -3.69. The highest BCUT2D eigenvalue weighted by molar-refractivity contribution is 6.04. The molecule has 0 saturated carbocycles. The van der Waals surface area contributed by atoms with Crippen molar-refractivity contribution in [1.29, 1.82) is 0 Å². The Bertz CT molecular complexity index is 1120. The topological polar surface area (TPSA) is 90.3 Å². The Morgan fingerprint density at radius 3 is 2.43 bits per heavy atom. The molecule has 1 heterocycles. The number of amides is 1. The van der Waals surface area contributed by atoms with Crippen LogP contribution in [-0.4, -0.2) is 33.8 Å². The number of alkyl halides is 3. The number of carbonyl (C=O) groups excluding carboxylic acids is 3. The molecule has 0 unspecified atom stereocenters. The number of benzene rings is 2. The zero-order valence-corrected chi connectivity index (χ0v) is 15.7. The largest absolute Gasteiger partial charge is 0.454 e. The van der Waals surface area contributed by atoms with E-state index >= 15 is 0 Å². The maximum Gasteiger partial charge on any atom is 0.449 e. The minimum absolute atomic E-state index is 0.0798. The molecule has 30 heavy (non-hydrogen) atoms. The summed E-state index contributed by atoms with van der Waals surface area (Å²) in [4.78, 5) is 39.2. The first kappa shape index (κ1) is 21.0. The van der Waals surface area contributed by atoms with E-state index in [2.05, 4.69) is 10.3 Å². The van der Waals surface area contributed by atoms with Crippen LogP contribution in [0.25, 0.3) is 11.0 Å². The van der Waals surface area contributed by atoms with Crippen molar-refractivity contribution >= 4 is 34.4 Å². The average Bonchev–Trinajstić information content (AvgIpc) is 3.06. The number of Topliss-reactive ketones (excluding diaryl/α,β-unsaturated/α-hetero) is 1. The molecule has 0 spiro atoms. The van der Waals surface area contributed by atoms with Gasteiger partial charge in [0.25, 0.3) is 5.91 Å². The molecule has 0 aliphatic rings. The van der Waals surface area contributed by atoms with E-state index in [0.717, 1.165) is 0 Å². The van der Waals surface area contributed by atoms with E-state index < -0.39 is 37.0 Å². The van der Waals surface area contributed by atoms with Crippen molar-refractivity contribution in [3.8, 4) is 0 Å². The van der Waals surface area contributed by atoms with Crippen molar-refractivity contribution in [1.82, 2.24) is 9.55 Å². The summed E-state index contributed by atoms with van der Waals surface area (Å²) in [6.45, 7) is -0.162. The summed E-state index contributed by atoms with van der Waals surface area (Å²) in [7, 11) is 0. The van der Waals surface area contributed by atoms with Crippen LogP contribution in [0.4, 0.5) is 18.9 Å². The van der Waals surface area contributed by atoms with Crippen molar-refractivity contribution in [2.24, 2.45) is 0 Å². The molecule has 0 aliphatic carbocycles. The minimum atomic E-state index is -4.77. The number of esters is 1. The molecule has 1 aromatic heterocycles. The van der Waals surface area contributed by atoms with Crippen LogP contribution in [0.2, 0.25) is 0 Å². The second kappa shape index (κ2) is 8.36. The molecule has 0 atom stereocenters. The van der Waals surface area contributed by atoms with Crippen LogP contribution < -0.4 is 5.32 Å². The van der Waals surface area contributed by atoms with E-state index in [4.69, 9.17) is 4.74 Å². The first-order valence-electron chi connectivity index (χ1n) is 8.74. The van der Waals surface area contributed by atoms with Gasteiger partial charge in [-0.25, -0.2) is 4.98 Å². The van der Waals surface area contributed by atoms with Crippen LogP contribution in [0.5, 0.6) is 0 Å². The molecule has 1 N–H and O–H groups in total. The lowest BCUT2D eigenvalue weighted by Gasteiger charge is -2.12. The highest BCUT2D eigenvalue weighted by Gasteiger charge is 2.38. The Morgan fingerprint density at radius 2 is 1.73 bits per heavy atom. The van der Waals surface area contributed by atoms with Crippen molar-refractivity contribution in [2.75, 3.05) is 11.9 Å². The molecule has 2 aromatic carbocycles. The number of hydrogen-bond donors (Lipinski definition) is 1. The molecule has 0 saturated heterocycles. The number of hydrogen-bond acceptors (Lipinski definition) is 5. The van der Waals surface area contributed by atoms with Gasteiger partial charge in [-0.1, -0.05) is 24.3 Å². The second-order valence-electron chi connectivity index (χ2n) is 6.32. The third kappa shape index (κ3) is 4.65. The number of nitrogens with one attached hydrogen (secondary N) is 1. The first-order valence-corrected chi connectivity index (χ1v) is 8.74. The van der Waals surface area contributed by atoms with E-state index in [1.165, 1.54) is 43.3 Å². The number of carbonyl (C=O) groups is 3. The van der Waals surface area contributed by atoms with Crippen molar-refractivity contribution in [3.63, 3.8) is 0 Å². The monoisotopic (exact) mass is 419 g/mol. The van der Waals surface area contributed by atoms with Gasteiger partial charge in [-0.2, -0.15) is 13.2 Å². The van der Waals surface area contributed by atoms with Crippen LogP contribution in [0.15, 0.2) is 48.5 Å². The summed E-state index contributed by atoms with van der Waals surface area (Å²) in [5.74, 6) is -3.28. The number of ether oxygens (including phenoxy) is 1. The first-order chi connectivity index (χ1) is 14.2. The fourth-order valence-electron chi connectivity index (χ4n) is 2.86. The summed E-state index contributed by atoms with van der Waals surface area (Å²) in [6, 6.07) is 12.1. The molecule has 0 bridgehead atoms. The molecule has 3 aromatic rings. The molecule has 0 aliphatic heterocycles. The van der Waals surface area contributed by atoms with E-state index in [1.807, 2.05) is 0 Å². The van der Waals surface area contributed by atoms with Gasteiger partial charge < -0.3 is 14.6 Å². The van der Waals surface area contributed by atoms with Crippen LogP contribution >= 0.6 is 0 Å². The summed E-state index contributed by atoms with van der Waals surface area (Å²) >= 11 is 0. The highest BCUT2D eigenvalue weighted by Crippen LogP contribution is 2.31. The standard InChI is InChI=1S/C20H16F3N3O4/c1-12(27)13-6-2-3-7-14(13)24-17(28)11-30-18(29)10-26-16-9-5-4-8-15(16)25-19(26)20(21,22)23/h2-9H,10-11H2,1H3,(H,24,28). The fraction of sp³-hybridized carbons (Fsp3) is 0.200. The fourth-order valence-corrected chi connectivity index (χ4v) is 2.86. The SMILES string of the molecule is CC(=O)c1ccccc1NC(=O)COC(=O)Cn1c(C(F)(F)F)nc2ccccc21. The zero-order valence-electron chi connectivity index (χ0n) is 15.7. The second-order valence-corrected chi connectivity index (χ2v) is 6.32. The minimum Gasteiger partial charge on any atom is -0.454 e. The van der Waals surface area contributed by atoms with Gasteiger partial charge in [0.2, 0.25) is 5.82 Å². The van der Waals surface area contributed by atoms with Crippen LogP contribution in [0.1, 0.15) is 23.1 Å². The maximum absolute atomic E-state index is 13.3. The van der Waals surface area contributed by atoms with E-state index in [9.17, 15) is 27.6 Å². The number of aromatic nitrogens is 2. The lowest BCUT2D eigenvalue weighted by molar-refractivity contribution is -0.152. The van der Waals surface area contributed by atoms with Gasteiger partial charge in [-0.3, -0.25) is 14.4 Å². The van der Waals surface area contributed by atoms with Gasteiger partial charge >= 0.3 is 12.1 Å². The lowest BCUT2D eigenvalue weighted by atomic mass is 10.1. The number of anilines is 1. The van der Waals surface area contributed by atoms with Crippen molar-refractivity contribution < 1.29 is 32.3 Å². The van der Waals surface area contributed by atoms with Crippen LogP contribution in [-0.2, 0) is 27.0 Å². The molecule has 3 rings (SSSR count). The summed E-state index contributed by atoms with van der Waals surface area (Å²) in [5.41, 5.74) is 0.709. The molecule has 156 valence electrons. The van der Waals surface area contributed by atoms with Gasteiger partial charge in [-0.15, -0.1) is 0 Å². The zero-order chi connectivity index (χ0) is 21.9. The molecular formula is C20H16F3N3O4. The smallest absolute Gasteiger partial charge is 0.449 e. The van der Waals surface area contributed by atoms with Gasteiger partial charge in [0, 0.05) is 5.56 Å². The van der Waals surface area contributed by atoms with E-state index in [-0.39, 0.29) is 28.1 Å². The number of nitrogens with zero attached hydrogens (tertiary/aromatic N) is 2. The van der Waals surface area contributed by atoms with Crippen LogP contribution in [0, 0.1) is 0 Å². The Balaban J connectivity index is 1.68. The van der Waals surface area contributed by atoms with E-state index in [1.54, 1.807) is 12.1 Å². The Kier molecular flexibility index (Phi) is 5.86. The Labute approximate surface area is 168 Å². The van der Waals surface area contributed by atoms with Crippen molar-refractivity contribution in [3.05, 3.63) is 59.9 Å². The quantitative estimate of drug-likeness (QED) is 0.488. The van der Waals surface area contributed by atoms with Gasteiger partial charge in [0.1, 0.15) is 6.54 Å². The third-order valence-electron chi connectivity index (χ3n) is 4.14. The number of halogens is 3. The average molecular weight is 419 g/mol. The number of rotatable bonds is 6. The molecule has 7 nitrogen and oxygen atoms in total. The summed E-state index contributed by atoms with van der Waals surface area (Å²) in [5, 5.41) is 2.44. The number of para-hydroxylation sites is 3. The molecule has 0 fully saturated rings. The molecule has 1 amide bonds. The normalized spacial score (nSPS) is 11.3. The number of imidazole rings is 1. The molecule has 10 heteroatoms. The Morgan fingerprint density at radius 1 is 1.07 bits per heavy atom. The predicted molar refractivity (Wildman–Crippen MR) is 101 cm³/mol. The van der Waals surface area contributed by atoms with E-state index in [0.29, 0.717) is 4.57 Å². The predicted octanol–water partition coefficient (Wildman–Crippen LogP) is 3.44. The molecule has 0 radical (unpaired) electrons. The number of fused-ring (bicyclic) bond motifs is 1. The maximum atomic E-state index is 13.3. The van der Waals surface area contributed by atoms with Crippen LogP contribution in [0.3, 0.4) is 0 Å². The third-order valence-corrected chi connectivity index (χ3v) is 4.14. The highest BCUT2D eigenvalue weighted by atomic mass is 19.4. The van der Waals surface area contributed by atoms with Crippen molar-refractivity contribution in [2.45, 2.75) is 19.6 Å². The summed E-state index contributed by atoms with van der Waals surface area (Å²) < 4.78 is 45.3. The summed E-state index contributed by atoms with van der Waals surface area (Å²) in [6.07, 6.45) is -4.77. The van der Waals surface area contributed by atoms with Gasteiger partial charge in [0.05, 0.1) is 16.7 Å². The van der Waals surface area contributed by atoms with Gasteiger partial charge in [0.15, 0.2) is 12.4 Å². The molecular weight excluding hydrogens is 403 g/mol.